The van der Waals surface area contributed by atoms with Crippen LogP contribution in [-0.4, -0.2) is 79.0 Å². The third-order valence-electron chi connectivity index (χ3n) is 8.55. The first-order chi connectivity index (χ1) is 18.0. The van der Waals surface area contributed by atoms with Crippen LogP contribution in [0, 0.1) is 11.8 Å². The summed E-state index contributed by atoms with van der Waals surface area (Å²) in [5.41, 5.74) is 0.941. The van der Waals surface area contributed by atoms with Gasteiger partial charge in [-0.2, -0.15) is 0 Å². The number of aliphatic carboxylic acids is 1. The molecular weight excluding hydrogens is 472 g/mol. The van der Waals surface area contributed by atoms with Crippen LogP contribution in [0.15, 0.2) is 18.2 Å². The third-order valence-corrected chi connectivity index (χ3v) is 8.55. The van der Waals surface area contributed by atoms with E-state index in [1.165, 1.54) is 0 Å². The number of unbranched alkanes of at least 4 members (excludes halogenated alkanes) is 2. The fraction of sp³-hybridized carbons (Fsp3) is 0.724. The molecule has 37 heavy (non-hydrogen) atoms. The number of carboxylic acid groups (broad SMARTS) is 1. The van der Waals surface area contributed by atoms with E-state index in [1.807, 2.05) is 23.1 Å². The molecule has 3 atom stereocenters. The minimum atomic E-state index is -0.787. The van der Waals surface area contributed by atoms with Crippen LogP contribution in [0.1, 0.15) is 76.7 Å². The zero-order chi connectivity index (χ0) is 26.4. The van der Waals surface area contributed by atoms with Gasteiger partial charge in [0.1, 0.15) is 0 Å². The van der Waals surface area contributed by atoms with Crippen LogP contribution in [0.5, 0.6) is 11.5 Å². The first-order valence-electron chi connectivity index (χ1n) is 14.1. The number of carboxylic acids is 1. The Kier molecular flexibility index (Phi) is 9.71. The van der Waals surface area contributed by atoms with Crippen molar-refractivity contribution < 1.29 is 28.9 Å². The minimum absolute atomic E-state index is 0.118. The first-order valence-corrected chi connectivity index (χ1v) is 14.1. The van der Waals surface area contributed by atoms with Crippen LogP contribution in [0.3, 0.4) is 0 Å². The Bertz CT molecular complexity index is 908. The van der Waals surface area contributed by atoms with Crippen LogP contribution in [0.2, 0.25) is 0 Å². The van der Waals surface area contributed by atoms with Crippen molar-refractivity contribution in [3.63, 3.8) is 0 Å². The second kappa shape index (κ2) is 13.0. The number of methoxy groups -OCH3 is 1. The molecular formula is C29H44N2O6. The van der Waals surface area contributed by atoms with Crippen molar-refractivity contribution in [3.8, 4) is 11.5 Å². The lowest BCUT2D eigenvalue weighted by Gasteiger charge is -2.38. The number of nitrogens with zero attached hydrogens (tertiary/aromatic N) is 2. The average molecular weight is 517 g/mol. The van der Waals surface area contributed by atoms with Crippen LogP contribution >= 0.6 is 0 Å². The van der Waals surface area contributed by atoms with Gasteiger partial charge in [-0.3, -0.25) is 14.5 Å². The van der Waals surface area contributed by atoms with E-state index < -0.39 is 11.9 Å². The highest BCUT2D eigenvalue weighted by molar-refractivity contribution is 5.79. The summed E-state index contributed by atoms with van der Waals surface area (Å²) in [7, 11) is 1.75. The maximum atomic E-state index is 13.6. The normalized spacial score (nSPS) is 27.4. The lowest BCUT2D eigenvalue weighted by molar-refractivity contribution is -0.145. The molecule has 3 aliphatic rings. The van der Waals surface area contributed by atoms with E-state index in [-0.39, 0.29) is 43.2 Å². The standard InChI is InChI=1S/C29H44N2O6/c1-4-6-14-30(15-7-5-2)26(32)18-31-17-23(21-10-13-24-25(16-21)37-19-36-24)27(29(33)34)28(31)20-8-11-22(35-3)12-9-20/h10,13,16,20,22-23,27-28H,4-9,11-12,14-15,17-19H2,1-3H3,(H,33,34)/t20?,22?,23?,27-,28+/m0/s1. The van der Waals surface area contributed by atoms with Crippen molar-refractivity contribution in [2.45, 2.75) is 83.3 Å². The second-order valence-corrected chi connectivity index (χ2v) is 10.9. The largest absolute Gasteiger partial charge is 0.481 e. The van der Waals surface area contributed by atoms with E-state index in [0.29, 0.717) is 18.0 Å². The van der Waals surface area contributed by atoms with E-state index in [0.717, 1.165) is 70.0 Å². The van der Waals surface area contributed by atoms with E-state index in [2.05, 4.69) is 18.7 Å². The van der Waals surface area contributed by atoms with Gasteiger partial charge in [-0.05, 0) is 62.1 Å². The SMILES string of the molecule is CCCCN(CCCC)C(=O)CN1CC(c2ccc3c(c2)OCO3)[C@H](C(=O)O)[C@H]1C1CCC(OC)CC1. The zero-order valence-corrected chi connectivity index (χ0v) is 22.7. The molecule has 0 radical (unpaired) electrons. The molecule has 0 bridgehead atoms. The monoisotopic (exact) mass is 516 g/mol. The number of hydrogen-bond acceptors (Lipinski definition) is 6. The molecule has 4 rings (SSSR count). The molecule has 1 saturated heterocycles. The number of carbonyl (C=O) groups is 2. The number of amides is 1. The van der Waals surface area contributed by atoms with Gasteiger partial charge < -0.3 is 24.2 Å². The molecule has 0 spiro atoms. The van der Waals surface area contributed by atoms with Crippen molar-refractivity contribution in [2.24, 2.45) is 11.8 Å². The molecule has 1 amide bonds. The molecule has 1 N–H and O–H groups in total. The number of carbonyl (C=O) groups excluding carboxylic acids is 1. The van der Waals surface area contributed by atoms with Crippen molar-refractivity contribution in [1.82, 2.24) is 9.80 Å². The number of hydrogen-bond donors (Lipinski definition) is 1. The summed E-state index contributed by atoms with van der Waals surface area (Å²) in [5, 5.41) is 10.5. The quantitative estimate of drug-likeness (QED) is 0.437. The molecule has 0 aromatic heterocycles. The predicted molar refractivity (Wildman–Crippen MR) is 141 cm³/mol. The molecule has 2 heterocycles. The number of ether oxygens (including phenoxy) is 3. The van der Waals surface area contributed by atoms with E-state index in [9.17, 15) is 14.7 Å². The highest BCUT2D eigenvalue weighted by Crippen LogP contribution is 2.46. The van der Waals surface area contributed by atoms with Crippen LogP contribution in [0.4, 0.5) is 0 Å². The summed E-state index contributed by atoms with van der Waals surface area (Å²) in [5.74, 6) is 0.107. The Morgan fingerprint density at radius 2 is 1.73 bits per heavy atom. The van der Waals surface area contributed by atoms with Gasteiger partial charge in [0.25, 0.3) is 0 Å². The Labute approximate surface area is 221 Å². The number of rotatable bonds is 12. The molecule has 1 aromatic carbocycles. The Hall–Kier alpha value is -2.32. The molecule has 2 aliphatic heterocycles. The summed E-state index contributed by atoms with van der Waals surface area (Å²) in [4.78, 5) is 30.6. The van der Waals surface area contributed by atoms with Crippen LogP contribution < -0.4 is 9.47 Å². The predicted octanol–water partition coefficient (Wildman–Crippen LogP) is 4.52. The summed E-state index contributed by atoms with van der Waals surface area (Å²) in [6.07, 6.45) is 7.98. The molecule has 2 fully saturated rings. The number of likely N-dealkylation sites (tertiary alicyclic amines) is 1. The van der Waals surface area contributed by atoms with E-state index in [4.69, 9.17) is 14.2 Å². The number of fused-ring (bicyclic) bond motifs is 1. The summed E-state index contributed by atoms with van der Waals surface area (Å²) in [6.45, 7) is 6.82. The van der Waals surface area contributed by atoms with Gasteiger partial charge in [0.2, 0.25) is 12.7 Å². The molecule has 206 valence electrons. The molecule has 1 saturated carbocycles. The van der Waals surface area contributed by atoms with Gasteiger partial charge in [-0.1, -0.05) is 32.8 Å². The van der Waals surface area contributed by atoms with Gasteiger partial charge in [0.05, 0.1) is 18.6 Å². The van der Waals surface area contributed by atoms with E-state index in [1.54, 1.807) is 7.11 Å². The Morgan fingerprint density at radius 1 is 1.05 bits per heavy atom. The fourth-order valence-electron chi connectivity index (χ4n) is 6.49. The molecule has 8 heteroatoms. The maximum absolute atomic E-state index is 13.6. The zero-order valence-electron chi connectivity index (χ0n) is 22.7. The summed E-state index contributed by atoms with van der Waals surface area (Å²) >= 11 is 0. The lowest BCUT2D eigenvalue weighted by atomic mass is 9.75. The molecule has 1 aliphatic carbocycles. The van der Waals surface area contributed by atoms with Gasteiger partial charge in [0.15, 0.2) is 11.5 Å². The van der Waals surface area contributed by atoms with Gasteiger partial charge in [0, 0.05) is 38.7 Å². The highest BCUT2D eigenvalue weighted by atomic mass is 16.7. The Morgan fingerprint density at radius 3 is 2.35 bits per heavy atom. The van der Waals surface area contributed by atoms with Crippen molar-refractivity contribution >= 4 is 11.9 Å². The van der Waals surface area contributed by atoms with Gasteiger partial charge in [-0.25, -0.2) is 0 Å². The summed E-state index contributed by atoms with van der Waals surface area (Å²) in [6, 6.07) is 5.59. The van der Waals surface area contributed by atoms with Crippen molar-refractivity contribution in [1.29, 1.82) is 0 Å². The van der Waals surface area contributed by atoms with Crippen molar-refractivity contribution in [3.05, 3.63) is 23.8 Å². The van der Waals surface area contributed by atoms with Crippen molar-refractivity contribution in [2.75, 3.05) is 40.1 Å². The molecule has 1 unspecified atom stereocenters. The first kappa shape index (κ1) is 27.7. The maximum Gasteiger partial charge on any atom is 0.308 e. The van der Waals surface area contributed by atoms with Crippen LogP contribution in [0.25, 0.3) is 0 Å². The smallest absolute Gasteiger partial charge is 0.308 e. The third kappa shape index (κ3) is 6.40. The average Bonchev–Trinajstić information content (AvgIpc) is 3.53. The number of benzene rings is 1. The van der Waals surface area contributed by atoms with Crippen LogP contribution in [-0.2, 0) is 14.3 Å². The molecule has 8 nitrogen and oxygen atoms in total. The Balaban J connectivity index is 1.60. The van der Waals surface area contributed by atoms with E-state index >= 15 is 0 Å². The van der Waals surface area contributed by atoms with Gasteiger partial charge >= 0.3 is 5.97 Å². The van der Waals surface area contributed by atoms with Gasteiger partial charge in [-0.15, -0.1) is 0 Å². The minimum Gasteiger partial charge on any atom is -0.481 e. The lowest BCUT2D eigenvalue weighted by Crippen LogP contribution is -2.48. The highest BCUT2D eigenvalue weighted by Gasteiger charge is 2.50. The summed E-state index contributed by atoms with van der Waals surface area (Å²) < 4.78 is 16.7. The second-order valence-electron chi connectivity index (χ2n) is 10.9. The topological polar surface area (TPSA) is 88.5 Å². The fourth-order valence-corrected chi connectivity index (χ4v) is 6.49. The molecule has 1 aromatic rings.